The lowest BCUT2D eigenvalue weighted by molar-refractivity contribution is 0.0832. The highest BCUT2D eigenvalue weighted by molar-refractivity contribution is 7.91. The minimum atomic E-state index is -4.01. The van der Waals surface area contributed by atoms with Crippen LogP contribution in [0.25, 0.3) is 0 Å². The average molecular weight is 373 g/mol. The molecule has 1 aliphatic rings. The SMILES string of the molecule is COC(=S)N(N)S(=O)(=O)c1c(C)c(C)c2c(c1C)CCC(C)(C)O2. The molecule has 6 nitrogen and oxygen atoms in total. The molecule has 24 heavy (non-hydrogen) atoms. The van der Waals surface area contributed by atoms with Gasteiger partial charge < -0.3 is 9.47 Å². The molecule has 1 aliphatic heterocycles. The minimum absolute atomic E-state index is 0.170. The van der Waals surface area contributed by atoms with E-state index in [2.05, 4.69) is 0 Å². The molecule has 0 spiro atoms. The molecule has 0 fully saturated rings. The summed E-state index contributed by atoms with van der Waals surface area (Å²) in [7, 11) is -2.72. The van der Waals surface area contributed by atoms with Crippen molar-refractivity contribution in [2.75, 3.05) is 7.11 Å². The van der Waals surface area contributed by atoms with E-state index in [1.807, 2.05) is 20.8 Å². The van der Waals surface area contributed by atoms with Gasteiger partial charge in [0.1, 0.15) is 11.4 Å². The Kier molecular flexibility index (Phi) is 4.87. The summed E-state index contributed by atoms with van der Waals surface area (Å²) in [5.41, 5.74) is 2.71. The highest BCUT2D eigenvalue weighted by Gasteiger charge is 2.35. The van der Waals surface area contributed by atoms with Crippen molar-refractivity contribution < 1.29 is 17.9 Å². The number of rotatable bonds is 2. The lowest BCUT2D eigenvalue weighted by Gasteiger charge is -2.36. The van der Waals surface area contributed by atoms with Gasteiger partial charge in [-0.25, -0.2) is 5.84 Å². The fourth-order valence-corrected chi connectivity index (χ4v) is 4.83. The molecule has 0 bridgehead atoms. The summed E-state index contributed by atoms with van der Waals surface area (Å²) in [6.45, 7) is 9.46. The Hall–Kier alpha value is -1.38. The summed E-state index contributed by atoms with van der Waals surface area (Å²) in [4.78, 5) is 0.170. The molecule has 2 N–H and O–H groups in total. The van der Waals surface area contributed by atoms with E-state index in [1.54, 1.807) is 13.8 Å². The van der Waals surface area contributed by atoms with Crippen molar-refractivity contribution in [3.8, 4) is 5.75 Å². The van der Waals surface area contributed by atoms with Crippen LogP contribution in [0, 0.1) is 20.8 Å². The number of sulfonamides is 1. The summed E-state index contributed by atoms with van der Waals surface area (Å²) >= 11 is 4.87. The van der Waals surface area contributed by atoms with Gasteiger partial charge in [0, 0.05) is 0 Å². The van der Waals surface area contributed by atoms with Gasteiger partial charge in [-0.05, 0) is 81.9 Å². The van der Waals surface area contributed by atoms with Crippen LogP contribution in [0.5, 0.6) is 5.75 Å². The van der Waals surface area contributed by atoms with E-state index in [1.165, 1.54) is 7.11 Å². The molecule has 0 saturated carbocycles. The van der Waals surface area contributed by atoms with Crippen LogP contribution in [-0.4, -0.2) is 30.7 Å². The van der Waals surface area contributed by atoms with Crippen molar-refractivity contribution in [2.24, 2.45) is 5.84 Å². The van der Waals surface area contributed by atoms with Gasteiger partial charge in [-0.15, -0.1) is 0 Å². The smallest absolute Gasteiger partial charge is 0.288 e. The maximum atomic E-state index is 12.9. The van der Waals surface area contributed by atoms with Gasteiger partial charge in [-0.1, -0.05) is 0 Å². The maximum absolute atomic E-state index is 12.9. The first-order valence-electron chi connectivity index (χ1n) is 7.63. The molecule has 1 heterocycles. The fraction of sp³-hybridized carbons (Fsp3) is 0.562. The van der Waals surface area contributed by atoms with Crippen LogP contribution in [-0.2, 0) is 21.2 Å². The first kappa shape index (κ1) is 19.0. The van der Waals surface area contributed by atoms with Crippen LogP contribution in [0.15, 0.2) is 4.90 Å². The Morgan fingerprint density at radius 1 is 1.25 bits per heavy atom. The van der Waals surface area contributed by atoms with E-state index in [9.17, 15) is 8.42 Å². The predicted octanol–water partition coefficient (Wildman–Crippen LogP) is 2.51. The van der Waals surface area contributed by atoms with Gasteiger partial charge in [0.2, 0.25) is 0 Å². The second kappa shape index (κ2) is 6.16. The lowest BCUT2D eigenvalue weighted by atomic mass is 9.88. The van der Waals surface area contributed by atoms with E-state index < -0.39 is 10.0 Å². The number of hydrogen-bond acceptors (Lipinski definition) is 6. The third-order valence-electron chi connectivity index (χ3n) is 4.54. The molecule has 0 saturated heterocycles. The van der Waals surface area contributed by atoms with Crippen molar-refractivity contribution in [1.82, 2.24) is 4.41 Å². The Balaban J connectivity index is 2.71. The normalized spacial score (nSPS) is 16.1. The van der Waals surface area contributed by atoms with E-state index in [0.29, 0.717) is 15.5 Å². The third kappa shape index (κ3) is 2.98. The number of fused-ring (bicyclic) bond motifs is 1. The molecule has 2 rings (SSSR count). The molecule has 0 unspecified atom stereocenters. The number of hydrogen-bond donors (Lipinski definition) is 1. The van der Waals surface area contributed by atoms with E-state index in [-0.39, 0.29) is 15.7 Å². The van der Waals surface area contributed by atoms with Crippen LogP contribution in [0.1, 0.15) is 42.5 Å². The Morgan fingerprint density at radius 3 is 2.38 bits per heavy atom. The number of ether oxygens (including phenoxy) is 2. The van der Waals surface area contributed by atoms with Gasteiger partial charge in [0.15, 0.2) is 0 Å². The van der Waals surface area contributed by atoms with Crippen LogP contribution in [0.2, 0.25) is 0 Å². The van der Waals surface area contributed by atoms with Gasteiger partial charge in [-0.2, -0.15) is 12.8 Å². The monoisotopic (exact) mass is 372 g/mol. The average Bonchev–Trinajstić information content (AvgIpc) is 2.50. The summed E-state index contributed by atoms with van der Waals surface area (Å²) < 4.78 is 37.3. The first-order chi connectivity index (χ1) is 10.9. The minimum Gasteiger partial charge on any atom is -0.487 e. The van der Waals surface area contributed by atoms with Crippen LogP contribution < -0.4 is 10.6 Å². The highest BCUT2D eigenvalue weighted by Crippen LogP contribution is 2.42. The molecular weight excluding hydrogens is 348 g/mol. The number of thiocarbonyl (C=S) groups is 1. The molecular formula is C16H24N2O4S2. The van der Waals surface area contributed by atoms with Crippen molar-refractivity contribution in [2.45, 2.75) is 58.0 Å². The molecule has 8 heteroatoms. The van der Waals surface area contributed by atoms with Gasteiger partial charge in [0.25, 0.3) is 15.2 Å². The van der Waals surface area contributed by atoms with E-state index >= 15 is 0 Å². The van der Waals surface area contributed by atoms with Crippen molar-refractivity contribution >= 4 is 27.4 Å². The van der Waals surface area contributed by atoms with Gasteiger partial charge >= 0.3 is 0 Å². The summed E-state index contributed by atoms with van der Waals surface area (Å²) in [6, 6.07) is 0. The Morgan fingerprint density at radius 2 is 1.83 bits per heavy atom. The third-order valence-corrected chi connectivity index (χ3v) is 6.83. The highest BCUT2D eigenvalue weighted by atomic mass is 32.2. The second-order valence-electron chi connectivity index (χ2n) is 6.64. The maximum Gasteiger partial charge on any atom is 0.288 e. The quantitative estimate of drug-likeness (QED) is 0.488. The van der Waals surface area contributed by atoms with Crippen molar-refractivity contribution in [3.63, 3.8) is 0 Å². The van der Waals surface area contributed by atoms with Crippen molar-refractivity contribution in [1.29, 1.82) is 0 Å². The Bertz CT molecular complexity index is 801. The molecule has 0 aliphatic carbocycles. The number of methoxy groups -OCH3 is 1. The summed E-state index contributed by atoms with van der Waals surface area (Å²) in [6.07, 6.45) is 1.56. The lowest BCUT2D eigenvalue weighted by Crippen LogP contribution is -2.43. The summed E-state index contributed by atoms with van der Waals surface area (Å²) in [5, 5.41) is -0.304. The molecule has 0 radical (unpaired) electrons. The Labute approximate surface area is 148 Å². The zero-order valence-electron chi connectivity index (χ0n) is 14.9. The number of benzene rings is 1. The van der Waals surface area contributed by atoms with Gasteiger partial charge in [0.05, 0.1) is 12.0 Å². The van der Waals surface area contributed by atoms with Crippen LogP contribution in [0.3, 0.4) is 0 Å². The molecule has 134 valence electrons. The van der Waals surface area contributed by atoms with Crippen LogP contribution in [0.4, 0.5) is 0 Å². The molecule has 0 aromatic heterocycles. The molecule has 0 amide bonds. The first-order valence-corrected chi connectivity index (χ1v) is 9.48. The van der Waals surface area contributed by atoms with E-state index in [4.69, 9.17) is 27.5 Å². The largest absolute Gasteiger partial charge is 0.487 e. The summed E-state index contributed by atoms with van der Waals surface area (Å²) in [5.74, 6) is 6.47. The second-order valence-corrected chi connectivity index (χ2v) is 8.75. The fourth-order valence-electron chi connectivity index (χ4n) is 3.02. The number of hydrazine groups is 1. The van der Waals surface area contributed by atoms with Crippen LogP contribution >= 0.6 is 12.2 Å². The number of nitrogens with two attached hydrogens (primary N) is 1. The zero-order chi connectivity index (χ0) is 18.4. The zero-order valence-corrected chi connectivity index (χ0v) is 16.5. The molecule has 1 aromatic rings. The predicted molar refractivity (Wildman–Crippen MR) is 96.5 cm³/mol. The standard InChI is InChI=1S/C16H24N2O4S2/c1-9-10(2)14(24(19,20)18(17)15(23)21-6)11(3)12-7-8-16(4,5)22-13(9)12/h7-8,17H2,1-6H3. The number of nitrogens with zero attached hydrogens (tertiary/aromatic N) is 1. The van der Waals surface area contributed by atoms with Crippen molar-refractivity contribution in [3.05, 3.63) is 22.3 Å². The topological polar surface area (TPSA) is 81.9 Å². The molecule has 0 atom stereocenters. The van der Waals surface area contributed by atoms with E-state index in [0.717, 1.165) is 29.7 Å². The van der Waals surface area contributed by atoms with Gasteiger partial charge in [-0.3, -0.25) is 0 Å². The molecule has 1 aromatic carbocycles.